The van der Waals surface area contributed by atoms with E-state index in [4.69, 9.17) is 5.73 Å². The molecular formula is C23H27N5O3. The van der Waals surface area contributed by atoms with Crippen molar-refractivity contribution in [3.63, 3.8) is 0 Å². The molecule has 0 spiro atoms. The Kier molecular flexibility index (Phi) is 5.63. The second kappa shape index (κ2) is 8.37. The van der Waals surface area contributed by atoms with E-state index in [0.717, 1.165) is 22.3 Å². The van der Waals surface area contributed by atoms with Crippen molar-refractivity contribution in [1.29, 1.82) is 0 Å². The van der Waals surface area contributed by atoms with E-state index in [1.54, 1.807) is 11.1 Å². The number of piperidine rings is 1. The smallest absolute Gasteiger partial charge is 0.276 e. The van der Waals surface area contributed by atoms with Gasteiger partial charge in [-0.05, 0) is 32.3 Å². The number of amides is 2. The van der Waals surface area contributed by atoms with Crippen molar-refractivity contribution < 1.29 is 9.59 Å². The summed E-state index contributed by atoms with van der Waals surface area (Å²) in [6.45, 7) is 5.40. The molecule has 1 saturated heterocycles. The van der Waals surface area contributed by atoms with Crippen LogP contribution in [-0.2, 0) is 22.7 Å². The van der Waals surface area contributed by atoms with Crippen LogP contribution in [0.4, 0.5) is 0 Å². The molecule has 0 aliphatic carbocycles. The number of hydrogen-bond acceptors (Lipinski definition) is 4. The molecule has 0 bridgehead atoms. The fourth-order valence-corrected chi connectivity index (χ4v) is 4.40. The Bertz CT molecular complexity index is 1190. The number of nitrogens with two attached hydrogens (primary N) is 1. The van der Waals surface area contributed by atoms with E-state index < -0.39 is 0 Å². The molecule has 2 N–H and O–H groups in total. The maximum atomic E-state index is 13.2. The van der Waals surface area contributed by atoms with Crippen LogP contribution in [-0.4, -0.2) is 44.2 Å². The largest absolute Gasteiger partial charge is 0.369 e. The van der Waals surface area contributed by atoms with Gasteiger partial charge >= 0.3 is 0 Å². The van der Waals surface area contributed by atoms with Gasteiger partial charge in [-0.2, -0.15) is 5.10 Å². The Balaban J connectivity index is 1.58. The first-order valence-electron chi connectivity index (χ1n) is 10.5. The minimum Gasteiger partial charge on any atom is -0.369 e. The summed E-state index contributed by atoms with van der Waals surface area (Å²) in [5.74, 6) is -0.674. The highest BCUT2D eigenvalue weighted by Gasteiger charge is 2.26. The maximum absolute atomic E-state index is 13.2. The molecule has 3 heterocycles. The van der Waals surface area contributed by atoms with Gasteiger partial charge in [0, 0.05) is 42.3 Å². The molecule has 1 fully saturated rings. The van der Waals surface area contributed by atoms with Crippen LogP contribution in [0, 0.1) is 19.8 Å². The Hall–Kier alpha value is -3.42. The summed E-state index contributed by atoms with van der Waals surface area (Å²) in [6, 6.07) is 10.1. The highest BCUT2D eigenvalue weighted by atomic mass is 16.2. The highest BCUT2D eigenvalue weighted by Crippen LogP contribution is 2.23. The second-order valence-electron chi connectivity index (χ2n) is 8.20. The monoisotopic (exact) mass is 421 g/mol. The number of nitrogens with zero attached hydrogens (tertiary/aromatic N) is 4. The van der Waals surface area contributed by atoms with Crippen molar-refractivity contribution in [3.8, 4) is 0 Å². The summed E-state index contributed by atoms with van der Waals surface area (Å²) < 4.78 is 3.36. The number of aromatic nitrogens is 3. The van der Waals surface area contributed by atoms with Gasteiger partial charge in [-0.1, -0.05) is 30.3 Å². The molecule has 0 atom stereocenters. The normalized spacial score (nSPS) is 14.8. The topological polar surface area (TPSA) is 103 Å². The minimum atomic E-state index is -0.318. The van der Waals surface area contributed by atoms with Gasteiger partial charge in [0.1, 0.15) is 6.54 Å². The first kappa shape index (κ1) is 20.8. The van der Waals surface area contributed by atoms with Crippen LogP contribution in [0.2, 0.25) is 0 Å². The third kappa shape index (κ3) is 3.97. The fraction of sp³-hybridized carbons (Fsp3) is 0.391. The molecule has 0 unspecified atom stereocenters. The Morgan fingerprint density at radius 3 is 2.42 bits per heavy atom. The Morgan fingerprint density at radius 2 is 1.77 bits per heavy atom. The van der Waals surface area contributed by atoms with Gasteiger partial charge in [-0.3, -0.25) is 14.4 Å². The van der Waals surface area contributed by atoms with Crippen LogP contribution in [0.1, 0.15) is 29.8 Å². The van der Waals surface area contributed by atoms with Crippen LogP contribution in [0.15, 0.2) is 41.3 Å². The van der Waals surface area contributed by atoms with Crippen molar-refractivity contribution in [2.75, 3.05) is 13.1 Å². The third-order valence-electron chi connectivity index (χ3n) is 6.32. The van der Waals surface area contributed by atoms with Crippen LogP contribution in [0.25, 0.3) is 10.8 Å². The zero-order chi connectivity index (χ0) is 22.1. The number of primary amides is 1. The van der Waals surface area contributed by atoms with Gasteiger partial charge < -0.3 is 15.2 Å². The average molecular weight is 422 g/mol. The first-order chi connectivity index (χ1) is 14.9. The molecule has 162 valence electrons. The quantitative estimate of drug-likeness (QED) is 0.676. The van der Waals surface area contributed by atoms with Crippen LogP contribution < -0.4 is 11.3 Å². The molecule has 2 amide bonds. The number of benzene rings is 1. The van der Waals surface area contributed by atoms with Crippen molar-refractivity contribution in [3.05, 3.63) is 63.8 Å². The molecule has 31 heavy (non-hydrogen) atoms. The summed E-state index contributed by atoms with van der Waals surface area (Å²) >= 11 is 0. The molecule has 1 aromatic carbocycles. The number of carbonyl (C=O) groups excluding carboxylic acids is 2. The lowest BCUT2D eigenvalue weighted by molar-refractivity contribution is -0.135. The van der Waals surface area contributed by atoms with Gasteiger partial charge in [0.2, 0.25) is 11.8 Å². The molecule has 0 radical (unpaired) electrons. The number of hydrogen-bond donors (Lipinski definition) is 1. The van der Waals surface area contributed by atoms with E-state index in [1.165, 1.54) is 4.68 Å². The number of carbonyl (C=O) groups is 2. The van der Waals surface area contributed by atoms with Crippen molar-refractivity contribution in [2.24, 2.45) is 11.7 Å². The van der Waals surface area contributed by atoms with Crippen molar-refractivity contribution in [1.82, 2.24) is 19.2 Å². The third-order valence-corrected chi connectivity index (χ3v) is 6.32. The van der Waals surface area contributed by atoms with Crippen molar-refractivity contribution in [2.45, 2.75) is 39.8 Å². The van der Waals surface area contributed by atoms with E-state index in [1.807, 2.05) is 32.0 Å². The number of rotatable bonds is 5. The zero-order valence-electron chi connectivity index (χ0n) is 17.9. The number of likely N-dealkylation sites (tertiary alicyclic amines) is 1. The Morgan fingerprint density at radius 1 is 1.10 bits per heavy atom. The number of aryl methyl sites for hydroxylation is 2. The van der Waals surface area contributed by atoms with E-state index in [0.29, 0.717) is 37.9 Å². The van der Waals surface area contributed by atoms with E-state index in [2.05, 4.69) is 21.8 Å². The van der Waals surface area contributed by atoms with E-state index >= 15 is 0 Å². The van der Waals surface area contributed by atoms with Crippen LogP contribution >= 0.6 is 0 Å². The summed E-state index contributed by atoms with van der Waals surface area (Å²) in [5, 5.41) is 5.69. The first-order valence-corrected chi connectivity index (χ1v) is 10.5. The summed E-state index contributed by atoms with van der Waals surface area (Å²) in [4.78, 5) is 38.9. The standard InChI is InChI=1S/C23H27N5O3/c1-15-19-12-25-28(14-20(29)26-10-8-18(9-11-26)22(24)30)23(31)21(19)16(2)27(15)13-17-6-4-3-5-7-17/h3-7,12,18H,8-11,13-14H2,1-2H3,(H2,24,30). The summed E-state index contributed by atoms with van der Waals surface area (Å²) in [5.41, 5.74) is 8.10. The lowest BCUT2D eigenvalue weighted by atomic mass is 9.96. The van der Waals surface area contributed by atoms with Crippen LogP contribution in [0.3, 0.4) is 0 Å². The fourth-order valence-electron chi connectivity index (χ4n) is 4.40. The van der Waals surface area contributed by atoms with E-state index in [-0.39, 0.29) is 29.8 Å². The lowest BCUT2D eigenvalue weighted by Crippen LogP contribution is -2.44. The molecule has 3 aromatic rings. The lowest BCUT2D eigenvalue weighted by Gasteiger charge is -2.30. The van der Waals surface area contributed by atoms with Gasteiger partial charge in [0.25, 0.3) is 5.56 Å². The summed E-state index contributed by atoms with van der Waals surface area (Å²) in [7, 11) is 0. The van der Waals surface area contributed by atoms with Crippen molar-refractivity contribution >= 4 is 22.6 Å². The van der Waals surface area contributed by atoms with Gasteiger partial charge in [0.05, 0.1) is 11.6 Å². The molecular weight excluding hydrogens is 394 g/mol. The van der Waals surface area contributed by atoms with Gasteiger partial charge in [-0.15, -0.1) is 0 Å². The maximum Gasteiger partial charge on any atom is 0.276 e. The molecule has 4 rings (SSSR count). The predicted molar refractivity (Wildman–Crippen MR) is 118 cm³/mol. The van der Waals surface area contributed by atoms with Gasteiger partial charge in [0.15, 0.2) is 0 Å². The SMILES string of the molecule is Cc1c2cnn(CC(=O)N3CCC(C(N)=O)CC3)c(=O)c2c(C)n1Cc1ccccc1. The molecule has 1 aliphatic heterocycles. The predicted octanol–water partition coefficient (Wildman–Crippen LogP) is 1.59. The average Bonchev–Trinajstić information content (AvgIpc) is 3.01. The molecule has 0 saturated carbocycles. The molecule has 8 nitrogen and oxygen atoms in total. The molecule has 1 aliphatic rings. The minimum absolute atomic E-state index is 0.113. The highest BCUT2D eigenvalue weighted by molar-refractivity contribution is 5.87. The second-order valence-corrected chi connectivity index (χ2v) is 8.20. The zero-order valence-corrected chi connectivity index (χ0v) is 17.9. The van der Waals surface area contributed by atoms with Crippen LogP contribution in [0.5, 0.6) is 0 Å². The molecule has 2 aromatic heterocycles. The van der Waals surface area contributed by atoms with E-state index in [9.17, 15) is 14.4 Å². The summed E-state index contributed by atoms with van der Waals surface area (Å²) in [6.07, 6.45) is 2.79. The number of fused-ring (bicyclic) bond motifs is 1. The van der Waals surface area contributed by atoms with Gasteiger partial charge in [-0.25, -0.2) is 4.68 Å². The molecule has 8 heteroatoms. The Labute approximate surface area is 180 Å².